The van der Waals surface area contributed by atoms with Gasteiger partial charge in [0, 0.05) is 15.1 Å². The van der Waals surface area contributed by atoms with Crippen LogP contribution in [0.15, 0.2) is 55.1 Å². The van der Waals surface area contributed by atoms with E-state index in [2.05, 4.69) is 41.8 Å². The zero-order chi connectivity index (χ0) is 14.3. The fourth-order valence-corrected chi connectivity index (χ4v) is 3.25. The van der Waals surface area contributed by atoms with Crippen LogP contribution in [-0.2, 0) is 0 Å². The number of benzene rings is 1. The molecule has 0 aliphatic rings. The summed E-state index contributed by atoms with van der Waals surface area (Å²) in [6, 6.07) is 8.69. The van der Waals surface area contributed by atoms with Gasteiger partial charge in [-0.25, -0.2) is 14.3 Å². The molecule has 3 aromatic rings. The summed E-state index contributed by atoms with van der Waals surface area (Å²) < 4.78 is 2.99. The summed E-state index contributed by atoms with van der Waals surface area (Å²) in [4.78, 5) is 30.4. The van der Waals surface area contributed by atoms with Crippen molar-refractivity contribution in [3.05, 3.63) is 66.3 Å². The van der Waals surface area contributed by atoms with Crippen LogP contribution in [0.25, 0.3) is 16.7 Å². The smallest absolute Gasteiger partial charge is 0.273 e. The van der Waals surface area contributed by atoms with E-state index in [1.165, 1.54) is 4.57 Å². The standard InChI is InChI=1S/C13H7Br2N3O2/c14-7-4-8(15)6-9(5-7)18-11-10(2-1-3-16-11)12(19)17-13(18)20/h1-6H,(H,17,19,20). The van der Waals surface area contributed by atoms with Crippen LogP contribution < -0.4 is 11.2 Å². The van der Waals surface area contributed by atoms with Gasteiger partial charge in [-0.1, -0.05) is 31.9 Å². The Balaban J connectivity index is 2.48. The topological polar surface area (TPSA) is 67.8 Å². The number of pyridine rings is 1. The molecule has 20 heavy (non-hydrogen) atoms. The molecule has 0 radical (unpaired) electrons. The van der Waals surface area contributed by atoms with Crippen LogP contribution in [0.5, 0.6) is 0 Å². The molecule has 3 rings (SSSR count). The lowest BCUT2D eigenvalue weighted by molar-refractivity contribution is 0.924. The molecule has 100 valence electrons. The van der Waals surface area contributed by atoms with E-state index in [1.54, 1.807) is 30.5 Å². The van der Waals surface area contributed by atoms with Gasteiger partial charge in [-0.15, -0.1) is 0 Å². The fraction of sp³-hybridized carbons (Fsp3) is 0. The number of aromatic amines is 1. The molecule has 1 aromatic carbocycles. The molecule has 2 heterocycles. The van der Waals surface area contributed by atoms with Crippen LogP contribution in [-0.4, -0.2) is 14.5 Å². The minimum absolute atomic E-state index is 0.325. The molecule has 2 aromatic heterocycles. The summed E-state index contributed by atoms with van der Waals surface area (Å²) in [7, 11) is 0. The third-order valence-corrected chi connectivity index (χ3v) is 3.69. The number of nitrogens with one attached hydrogen (secondary N) is 1. The first kappa shape index (κ1) is 13.3. The average Bonchev–Trinajstić information content (AvgIpc) is 2.37. The molecular weight excluding hydrogens is 390 g/mol. The van der Waals surface area contributed by atoms with E-state index in [0.717, 1.165) is 8.95 Å². The number of fused-ring (bicyclic) bond motifs is 1. The Morgan fingerprint density at radius 1 is 1.10 bits per heavy atom. The Kier molecular flexibility index (Phi) is 3.31. The maximum absolute atomic E-state index is 12.1. The number of rotatable bonds is 1. The van der Waals surface area contributed by atoms with Gasteiger partial charge in [-0.2, -0.15) is 0 Å². The molecule has 0 bridgehead atoms. The van der Waals surface area contributed by atoms with Crippen molar-refractivity contribution in [2.24, 2.45) is 0 Å². The van der Waals surface area contributed by atoms with Gasteiger partial charge in [0.1, 0.15) is 0 Å². The van der Waals surface area contributed by atoms with Crippen LogP contribution in [0.3, 0.4) is 0 Å². The van der Waals surface area contributed by atoms with E-state index in [1.807, 2.05) is 6.07 Å². The maximum Gasteiger partial charge on any atom is 0.334 e. The predicted octanol–water partition coefficient (Wildman–Crippen LogP) is 2.60. The van der Waals surface area contributed by atoms with Crippen LogP contribution >= 0.6 is 31.9 Å². The minimum atomic E-state index is -0.522. The van der Waals surface area contributed by atoms with Crippen molar-refractivity contribution in [2.45, 2.75) is 0 Å². The van der Waals surface area contributed by atoms with Gasteiger partial charge in [0.2, 0.25) is 0 Å². The molecule has 0 fully saturated rings. The minimum Gasteiger partial charge on any atom is -0.273 e. The van der Waals surface area contributed by atoms with Gasteiger partial charge in [0.25, 0.3) is 5.56 Å². The Morgan fingerprint density at radius 3 is 2.50 bits per heavy atom. The molecule has 0 unspecified atom stereocenters. The lowest BCUT2D eigenvalue weighted by Gasteiger charge is -2.09. The second-order valence-electron chi connectivity index (χ2n) is 4.10. The lowest BCUT2D eigenvalue weighted by atomic mass is 10.3. The second kappa shape index (κ2) is 4.99. The van der Waals surface area contributed by atoms with E-state index < -0.39 is 11.2 Å². The highest BCUT2D eigenvalue weighted by Crippen LogP contribution is 2.22. The van der Waals surface area contributed by atoms with Gasteiger partial charge in [0.05, 0.1) is 11.1 Å². The zero-order valence-corrected chi connectivity index (χ0v) is 13.1. The van der Waals surface area contributed by atoms with Crippen molar-refractivity contribution in [1.29, 1.82) is 0 Å². The van der Waals surface area contributed by atoms with E-state index in [0.29, 0.717) is 16.7 Å². The van der Waals surface area contributed by atoms with Crippen molar-refractivity contribution in [2.75, 3.05) is 0 Å². The summed E-state index contributed by atoms with van der Waals surface area (Å²) in [6.45, 7) is 0. The largest absolute Gasteiger partial charge is 0.334 e. The number of H-pyrrole nitrogens is 1. The molecule has 0 spiro atoms. The molecule has 0 aliphatic carbocycles. The quantitative estimate of drug-likeness (QED) is 0.687. The molecule has 5 nitrogen and oxygen atoms in total. The highest BCUT2D eigenvalue weighted by Gasteiger charge is 2.10. The van der Waals surface area contributed by atoms with Crippen LogP contribution in [0.2, 0.25) is 0 Å². The molecule has 0 atom stereocenters. The average molecular weight is 397 g/mol. The van der Waals surface area contributed by atoms with Gasteiger partial charge in [-0.05, 0) is 30.3 Å². The first-order valence-electron chi connectivity index (χ1n) is 5.63. The summed E-state index contributed by atoms with van der Waals surface area (Å²) in [5, 5.41) is 0.364. The SMILES string of the molecule is O=c1[nH]c(=O)n(-c2cc(Br)cc(Br)c2)c2ncccc12. The molecule has 0 saturated carbocycles. The lowest BCUT2D eigenvalue weighted by Crippen LogP contribution is -2.29. The van der Waals surface area contributed by atoms with Crippen molar-refractivity contribution < 1.29 is 0 Å². The van der Waals surface area contributed by atoms with Crippen LogP contribution in [0.1, 0.15) is 0 Å². The molecule has 0 aliphatic heterocycles. The van der Waals surface area contributed by atoms with Crippen LogP contribution in [0, 0.1) is 0 Å². The van der Waals surface area contributed by atoms with Gasteiger partial charge < -0.3 is 0 Å². The first-order valence-corrected chi connectivity index (χ1v) is 7.21. The third kappa shape index (κ3) is 2.23. The second-order valence-corrected chi connectivity index (χ2v) is 5.93. The predicted molar refractivity (Wildman–Crippen MR) is 83.4 cm³/mol. The Labute approximate surface area is 129 Å². The van der Waals surface area contributed by atoms with E-state index in [-0.39, 0.29) is 0 Å². The Morgan fingerprint density at radius 2 is 1.80 bits per heavy atom. The number of nitrogens with zero attached hydrogens (tertiary/aromatic N) is 2. The molecule has 7 heteroatoms. The first-order chi connectivity index (χ1) is 9.56. The number of hydrogen-bond donors (Lipinski definition) is 1. The number of halogens is 2. The third-order valence-electron chi connectivity index (χ3n) is 2.77. The van der Waals surface area contributed by atoms with Crippen molar-refractivity contribution >= 4 is 42.9 Å². The fourth-order valence-electron chi connectivity index (χ4n) is 1.98. The summed E-state index contributed by atoms with van der Waals surface area (Å²) in [5.74, 6) is 0. The van der Waals surface area contributed by atoms with E-state index in [4.69, 9.17) is 0 Å². The van der Waals surface area contributed by atoms with Gasteiger partial charge >= 0.3 is 5.69 Å². The van der Waals surface area contributed by atoms with Crippen LogP contribution in [0.4, 0.5) is 0 Å². The Bertz CT molecular complexity index is 911. The molecule has 1 N–H and O–H groups in total. The summed E-state index contributed by atoms with van der Waals surface area (Å²) in [6.07, 6.45) is 1.55. The number of hydrogen-bond acceptors (Lipinski definition) is 3. The Hall–Kier alpha value is -1.73. The van der Waals surface area contributed by atoms with E-state index >= 15 is 0 Å². The number of aromatic nitrogens is 3. The van der Waals surface area contributed by atoms with Crippen molar-refractivity contribution in [1.82, 2.24) is 14.5 Å². The van der Waals surface area contributed by atoms with Gasteiger partial charge in [-0.3, -0.25) is 9.78 Å². The van der Waals surface area contributed by atoms with Gasteiger partial charge in [0.15, 0.2) is 5.65 Å². The molecular formula is C13H7Br2N3O2. The van der Waals surface area contributed by atoms with Crippen molar-refractivity contribution in [3.63, 3.8) is 0 Å². The van der Waals surface area contributed by atoms with E-state index in [9.17, 15) is 9.59 Å². The zero-order valence-electron chi connectivity index (χ0n) is 9.93. The maximum atomic E-state index is 12.1. The van der Waals surface area contributed by atoms with Crippen molar-refractivity contribution in [3.8, 4) is 5.69 Å². The highest BCUT2D eigenvalue weighted by molar-refractivity contribution is 9.11. The molecule has 0 saturated heterocycles. The monoisotopic (exact) mass is 395 g/mol. The molecule has 0 amide bonds. The summed E-state index contributed by atoms with van der Waals surface area (Å²) in [5.41, 5.74) is -0.0305. The highest BCUT2D eigenvalue weighted by atomic mass is 79.9. The summed E-state index contributed by atoms with van der Waals surface area (Å²) >= 11 is 6.75. The normalized spacial score (nSPS) is 10.9.